The van der Waals surface area contributed by atoms with Crippen LogP contribution in [0.4, 0.5) is 0 Å². The summed E-state index contributed by atoms with van der Waals surface area (Å²) >= 11 is 4.69. The van der Waals surface area contributed by atoms with Crippen LogP contribution in [-0.2, 0) is 20.9 Å². The Kier molecular flexibility index (Phi) is 3.77. The standard InChI is InChI=1S/C3H10NO2PS/c1-3-6-7(4,8)5-2/h3H2,1-2H3,(H2,4,8). The zero-order valence-corrected chi connectivity index (χ0v) is 6.67. The van der Waals surface area contributed by atoms with Gasteiger partial charge in [0.15, 0.2) is 0 Å². The van der Waals surface area contributed by atoms with Gasteiger partial charge in [0.25, 0.3) is 6.64 Å². The van der Waals surface area contributed by atoms with E-state index >= 15 is 0 Å². The third kappa shape index (κ3) is 3.52. The van der Waals surface area contributed by atoms with Crippen molar-refractivity contribution < 1.29 is 9.05 Å². The van der Waals surface area contributed by atoms with Gasteiger partial charge >= 0.3 is 0 Å². The molecule has 0 fully saturated rings. The normalized spacial score (nSPS) is 17.9. The van der Waals surface area contributed by atoms with Gasteiger partial charge in [-0.05, 0) is 18.7 Å². The summed E-state index contributed by atoms with van der Waals surface area (Å²) in [5, 5.41) is 0. The van der Waals surface area contributed by atoms with Crippen LogP contribution in [-0.4, -0.2) is 13.7 Å². The molecule has 5 heteroatoms. The molecule has 0 rings (SSSR count). The van der Waals surface area contributed by atoms with Crippen molar-refractivity contribution >= 4 is 18.4 Å². The van der Waals surface area contributed by atoms with Gasteiger partial charge in [-0.3, -0.25) is 5.50 Å². The first kappa shape index (κ1) is 8.53. The predicted molar refractivity (Wildman–Crippen MR) is 37.1 cm³/mol. The summed E-state index contributed by atoms with van der Waals surface area (Å²) < 4.78 is 9.52. The van der Waals surface area contributed by atoms with Crippen LogP contribution in [0.1, 0.15) is 6.92 Å². The van der Waals surface area contributed by atoms with E-state index in [1.807, 2.05) is 6.92 Å². The first-order valence-corrected chi connectivity index (χ1v) is 4.92. The average Bonchev–Trinajstić information content (AvgIpc) is 1.67. The molecule has 1 atom stereocenters. The molecule has 1 unspecified atom stereocenters. The molecule has 0 heterocycles. The summed E-state index contributed by atoms with van der Waals surface area (Å²) in [7, 11) is 1.45. The van der Waals surface area contributed by atoms with Gasteiger partial charge in [-0.15, -0.1) is 0 Å². The Labute approximate surface area is 54.4 Å². The lowest BCUT2D eigenvalue weighted by atomic mass is 10.9. The molecule has 0 aromatic carbocycles. The van der Waals surface area contributed by atoms with Crippen molar-refractivity contribution in [3.63, 3.8) is 0 Å². The van der Waals surface area contributed by atoms with Gasteiger partial charge < -0.3 is 9.05 Å². The molecule has 0 aromatic rings. The van der Waals surface area contributed by atoms with E-state index < -0.39 is 6.64 Å². The lowest BCUT2D eigenvalue weighted by Crippen LogP contribution is -1.99. The second-order valence-corrected chi connectivity index (χ2v) is 4.37. The van der Waals surface area contributed by atoms with Gasteiger partial charge in [0.1, 0.15) is 0 Å². The Balaban J connectivity index is 3.55. The van der Waals surface area contributed by atoms with Crippen LogP contribution < -0.4 is 5.50 Å². The van der Waals surface area contributed by atoms with E-state index in [2.05, 4.69) is 16.3 Å². The fourth-order valence-corrected chi connectivity index (χ4v) is 1.01. The Bertz CT molecular complexity index is 107. The van der Waals surface area contributed by atoms with Crippen LogP contribution in [0.2, 0.25) is 0 Å². The Morgan fingerprint density at radius 1 is 1.75 bits per heavy atom. The van der Waals surface area contributed by atoms with Crippen molar-refractivity contribution in [2.75, 3.05) is 13.7 Å². The predicted octanol–water partition coefficient (Wildman–Crippen LogP) is 0.853. The van der Waals surface area contributed by atoms with Crippen molar-refractivity contribution in [3.8, 4) is 0 Å². The summed E-state index contributed by atoms with van der Waals surface area (Å²) in [5.41, 5.74) is 5.31. The van der Waals surface area contributed by atoms with Crippen molar-refractivity contribution in [2.24, 2.45) is 5.50 Å². The van der Waals surface area contributed by atoms with Crippen molar-refractivity contribution in [1.29, 1.82) is 0 Å². The van der Waals surface area contributed by atoms with Crippen molar-refractivity contribution in [3.05, 3.63) is 0 Å². The molecular weight excluding hydrogens is 145 g/mol. The zero-order valence-electron chi connectivity index (χ0n) is 4.96. The fourth-order valence-electron chi connectivity index (χ4n) is 0.233. The zero-order chi connectivity index (χ0) is 6.62. The van der Waals surface area contributed by atoms with E-state index in [0.717, 1.165) is 0 Å². The maximum Gasteiger partial charge on any atom is 0.258 e. The van der Waals surface area contributed by atoms with Gasteiger partial charge in [0.2, 0.25) is 0 Å². The van der Waals surface area contributed by atoms with E-state index in [0.29, 0.717) is 6.61 Å². The van der Waals surface area contributed by atoms with Gasteiger partial charge in [-0.2, -0.15) is 0 Å². The third-order valence-electron chi connectivity index (χ3n) is 0.564. The minimum absolute atomic E-state index is 0.515. The molecule has 0 saturated carbocycles. The third-order valence-corrected chi connectivity index (χ3v) is 2.45. The van der Waals surface area contributed by atoms with Gasteiger partial charge in [0.05, 0.1) is 6.61 Å². The molecule has 0 amide bonds. The Morgan fingerprint density at radius 2 is 2.25 bits per heavy atom. The van der Waals surface area contributed by atoms with E-state index in [1.54, 1.807) is 0 Å². The minimum atomic E-state index is -2.34. The molecule has 0 radical (unpaired) electrons. The monoisotopic (exact) mass is 155 g/mol. The van der Waals surface area contributed by atoms with Gasteiger partial charge in [-0.25, -0.2) is 0 Å². The quantitative estimate of drug-likeness (QED) is 0.614. The molecule has 2 N–H and O–H groups in total. The van der Waals surface area contributed by atoms with Crippen LogP contribution in [0.3, 0.4) is 0 Å². The molecule has 0 aliphatic heterocycles. The summed E-state index contributed by atoms with van der Waals surface area (Å²) in [4.78, 5) is 0. The van der Waals surface area contributed by atoms with Crippen molar-refractivity contribution in [1.82, 2.24) is 0 Å². The highest BCUT2D eigenvalue weighted by molar-refractivity contribution is 8.08. The lowest BCUT2D eigenvalue weighted by molar-refractivity contribution is 0.296. The summed E-state index contributed by atoms with van der Waals surface area (Å²) in [6.07, 6.45) is 0. The fraction of sp³-hybridized carbons (Fsp3) is 1.00. The molecule has 0 aromatic heterocycles. The summed E-state index contributed by atoms with van der Waals surface area (Å²) in [5.74, 6) is 0. The molecule has 50 valence electrons. The largest absolute Gasteiger partial charge is 0.321 e. The Morgan fingerprint density at radius 3 is 2.38 bits per heavy atom. The second-order valence-electron chi connectivity index (χ2n) is 1.14. The highest BCUT2D eigenvalue weighted by Crippen LogP contribution is 2.37. The molecule has 8 heavy (non-hydrogen) atoms. The topological polar surface area (TPSA) is 44.5 Å². The number of hydrogen-bond donors (Lipinski definition) is 1. The van der Waals surface area contributed by atoms with Crippen LogP contribution in [0.25, 0.3) is 0 Å². The second kappa shape index (κ2) is 3.54. The van der Waals surface area contributed by atoms with Gasteiger partial charge in [-0.1, -0.05) is 0 Å². The summed E-state index contributed by atoms with van der Waals surface area (Å²) in [6, 6.07) is 0. The van der Waals surface area contributed by atoms with Crippen molar-refractivity contribution in [2.45, 2.75) is 6.92 Å². The molecule has 0 aliphatic carbocycles. The van der Waals surface area contributed by atoms with Gasteiger partial charge in [0, 0.05) is 7.11 Å². The molecular formula is C3H10NO2PS. The maximum atomic E-state index is 5.31. The summed E-state index contributed by atoms with van der Waals surface area (Å²) in [6.45, 7) is 0.00173. The smallest absolute Gasteiger partial charge is 0.258 e. The van der Waals surface area contributed by atoms with E-state index in [4.69, 9.17) is 10.0 Å². The average molecular weight is 155 g/mol. The SMILES string of the molecule is CCOP(N)(=S)OC. The minimum Gasteiger partial charge on any atom is -0.321 e. The Hall–Kier alpha value is 0.530. The molecule has 0 spiro atoms. The van der Waals surface area contributed by atoms with Crippen LogP contribution in [0.15, 0.2) is 0 Å². The van der Waals surface area contributed by atoms with Crippen LogP contribution in [0.5, 0.6) is 0 Å². The van der Waals surface area contributed by atoms with Crippen LogP contribution >= 0.6 is 6.64 Å². The number of rotatable bonds is 3. The first-order chi connectivity index (χ1) is 3.62. The van der Waals surface area contributed by atoms with E-state index in [9.17, 15) is 0 Å². The molecule has 0 saturated heterocycles. The highest BCUT2D eigenvalue weighted by Gasteiger charge is 2.05. The van der Waals surface area contributed by atoms with Crippen LogP contribution in [0, 0.1) is 0 Å². The number of nitrogens with two attached hydrogens (primary N) is 1. The lowest BCUT2D eigenvalue weighted by Gasteiger charge is -2.11. The first-order valence-electron chi connectivity index (χ1n) is 2.21. The molecule has 0 aliphatic rings. The van der Waals surface area contributed by atoms with E-state index in [1.165, 1.54) is 7.11 Å². The molecule has 3 nitrogen and oxygen atoms in total. The maximum absolute atomic E-state index is 5.31. The highest BCUT2D eigenvalue weighted by atomic mass is 32.5. The molecule has 0 bridgehead atoms. The van der Waals surface area contributed by atoms with E-state index in [-0.39, 0.29) is 0 Å². The number of hydrogen-bond acceptors (Lipinski definition) is 3.